The molecule has 0 spiro atoms. The van der Waals surface area contributed by atoms with Crippen LogP contribution in [0.25, 0.3) is 22.3 Å². The minimum atomic E-state index is 0.411. The lowest BCUT2D eigenvalue weighted by molar-refractivity contribution is 0.283. The fourth-order valence-corrected chi connectivity index (χ4v) is 3.43. The molecule has 2 fully saturated rings. The van der Waals surface area contributed by atoms with Crippen molar-refractivity contribution in [3.8, 4) is 33.8 Å². The Morgan fingerprint density at radius 2 is 0.833 bits per heavy atom. The van der Waals surface area contributed by atoms with Crippen LogP contribution in [0.1, 0.15) is 12.8 Å². The lowest BCUT2D eigenvalue weighted by Crippen LogP contribution is -2.00. The lowest BCUT2D eigenvalue weighted by Gasteiger charge is -2.09. The lowest BCUT2D eigenvalue weighted by atomic mass is 10.0. The van der Waals surface area contributed by atoms with Crippen molar-refractivity contribution in [2.45, 2.75) is 25.0 Å². The maximum absolute atomic E-state index is 5.78. The van der Waals surface area contributed by atoms with E-state index in [4.69, 9.17) is 18.9 Å². The van der Waals surface area contributed by atoms with Crippen LogP contribution in [0.5, 0.6) is 11.5 Å². The maximum Gasteiger partial charge on any atom is 0.119 e. The van der Waals surface area contributed by atoms with Crippen molar-refractivity contribution in [1.29, 1.82) is 0 Å². The highest BCUT2D eigenvalue weighted by Crippen LogP contribution is 2.28. The summed E-state index contributed by atoms with van der Waals surface area (Å²) in [4.78, 5) is 0. The van der Waals surface area contributed by atoms with E-state index in [1.54, 1.807) is 0 Å². The molecule has 0 bridgehead atoms. The normalized spacial score (nSPS) is 19.3. The Kier molecular flexibility index (Phi) is 5.69. The second kappa shape index (κ2) is 8.90. The van der Waals surface area contributed by atoms with Gasteiger partial charge in [0, 0.05) is 12.8 Å². The molecule has 2 aliphatic rings. The highest BCUT2D eigenvalue weighted by atomic mass is 16.6. The number of epoxide rings is 2. The Morgan fingerprint density at radius 1 is 0.533 bits per heavy atom. The van der Waals surface area contributed by atoms with Gasteiger partial charge in [0.05, 0.1) is 38.6 Å². The SMILES string of the molecule is c1cc(-c2ccc(-c3ccc(OCCC4CO4)cc3)cc2)ccc1OCCC1CO1. The zero-order chi connectivity index (χ0) is 20.2. The topological polar surface area (TPSA) is 43.5 Å². The summed E-state index contributed by atoms with van der Waals surface area (Å²) in [7, 11) is 0. The number of rotatable bonds is 10. The van der Waals surface area contributed by atoms with Crippen molar-refractivity contribution in [3.05, 3.63) is 72.8 Å². The van der Waals surface area contributed by atoms with Gasteiger partial charge in [-0.15, -0.1) is 0 Å². The third-order valence-corrected chi connectivity index (χ3v) is 5.48. The Balaban J connectivity index is 1.17. The molecule has 0 saturated carbocycles. The van der Waals surface area contributed by atoms with Crippen LogP contribution in [0.2, 0.25) is 0 Å². The molecule has 0 radical (unpaired) electrons. The first-order valence-corrected chi connectivity index (χ1v) is 10.6. The molecule has 5 rings (SSSR count). The van der Waals surface area contributed by atoms with Crippen molar-refractivity contribution in [2.24, 2.45) is 0 Å². The summed E-state index contributed by atoms with van der Waals surface area (Å²) < 4.78 is 22.0. The first kappa shape index (κ1) is 19.2. The third kappa shape index (κ3) is 5.21. The van der Waals surface area contributed by atoms with Crippen molar-refractivity contribution in [2.75, 3.05) is 26.4 Å². The van der Waals surface area contributed by atoms with Gasteiger partial charge in [0.25, 0.3) is 0 Å². The second-order valence-electron chi connectivity index (χ2n) is 7.81. The molecule has 2 atom stereocenters. The number of ether oxygens (including phenoxy) is 4. The molecule has 3 aromatic rings. The van der Waals surface area contributed by atoms with Gasteiger partial charge in [-0.25, -0.2) is 0 Å². The molecule has 30 heavy (non-hydrogen) atoms. The van der Waals surface area contributed by atoms with Crippen LogP contribution >= 0.6 is 0 Å². The maximum atomic E-state index is 5.78. The van der Waals surface area contributed by atoms with Crippen molar-refractivity contribution < 1.29 is 18.9 Å². The van der Waals surface area contributed by atoms with Gasteiger partial charge in [-0.2, -0.15) is 0 Å². The van der Waals surface area contributed by atoms with Crippen molar-refractivity contribution in [1.82, 2.24) is 0 Å². The van der Waals surface area contributed by atoms with Gasteiger partial charge in [-0.05, 0) is 46.5 Å². The average Bonchev–Trinajstić information content (AvgIpc) is 3.71. The van der Waals surface area contributed by atoms with Crippen LogP contribution in [0.3, 0.4) is 0 Å². The predicted molar refractivity (Wildman–Crippen MR) is 117 cm³/mol. The van der Waals surface area contributed by atoms with Crippen molar-refractivity contribution in [3.63, 3.8) is 0 Å². The summed E-state index contributed by atoms with van der Waals surface area (Å²) in [6.45, 7) is 3.17. The summed E-state index contributed by atoms with van der Waals surface area (Å²) in [6, 6.07) is 25.2. The standard InChI is InChI=1S/C26H26O4/c1-2-20(22-7-11-24(12-8-22)28-16-14-26-18-30-26)4-3-19(1)21-5-9-23(10-6-21)27-15-13-25-17-29-25/h1-12,25-26H,13-18H2. The number of hydrogen-bond donors (Lipinski definition) is 0. The van der Waals surface area contributed by atoms with E-state index in [-0.39, 0.29) is 0 Å². The molecule has 2 unspecified atom stereocenters. The molecule has 154 valence electrons. The molecule has 2 aliphatic heterocycles. The van der Waals surface area contributed by atoms with E-state index in [1.165, 1.54) is 22.3 Å². The minimum absolute atomic E-state index is 0.411. The first-order chi connectivity index (χ1) is 14.8. The highest BCUT2D eigenvalue weighted by molar-refractivity contribution is 5.71. The van der Waals surface area contributed by atoms with E-state index in [0.717, 1.165) is 37.6 Å². The van der Waals surface area contributed by atoms with Crippen LogP contribution in [-0.2, 0) is 9.47 Å². The largest absolute Gasteiger partial charge is 0.493 e. The van der Waals surface area contributed by atoms with E-state index < -0.39 is 0 Å². The molecular weight excluding hydrogens is 376 g/mol. The molecule has 0 aliphatic carbocycles. The third-order valence-electron chi connectivity index (χ3n) is 5.48. The van der Waals surface area contributed by atoms with E-state index in [0.29, 0.717) is 25.4 Å². The molecular formula is C26H26O4. The Bertz CT molecular complexity index is 859. The van der Waals surface area contributed by atoms with Crippen LogP contribution in [0, 0.1) is 0 Å². The van der Waals surface area contributed by atoms with Crippen LogP contribution in [-0.4, -0.2) is 38.6 Å². The summed E-state index contributed by atoms with van der Waals surface area (Å²) in [6.07, 6.45) is 2.75. The number of benzene rings is 3. The highest BCUT2D eigenvalue weighted by Gasteiger charge is 2.22. The second-order valence-corrected chi connectivity index (χ2v) is 7.81. The molecule has 0 N–H and O–H groups in total. The minimum Gasteiger partial charge on any atom is -0.493 e. The van der Waals surface area contributed by atoms with Gasteiger partial charge in [-0.3, -0.25) is 0 Å². The fourth-order valence-electron chi connectivity index (χ4n) is 3.43. The summed E-state index contributed by atoms with van der Waals surface area (Å²) in [5.41, 5.74) is 4.75. The van der Waals surface area contributed by atoms with Gasteiger partial charge >= 0.3 is 0 Å². The van der Waals surface area contributed by atoms with Crippen molar-refractivity contribution >= 4 is 0 Å². The van der Waals surface area contributed by atoms with Gasteiger partial charge in [0.15, 0.2) is 0 Å². The summed E-state index contributed by atoms with van der Waals surface area (Å²) in [5.74, 6) is 1.81. The van der Waals surface area contributed by atoms with Gasteiger partial charge in [0.1, 0.15) is 11.5 Å². The molecule has 0 aromatic heterocycles. The monoisotopic (exact) mass is 402 g/mol. The molecule has 2 heterocycles. The van der Waals surface area contributed by atoms with E-state index in [2.05, 4.69) is 48.5 Å². The molecule has 3 aromatic carbocycles. The first-order valence-electron chi connectivity index (χ1n) is 10.6. The van der Waals surface area contributed by atoms with Gasteiger partial charge in [0.2, 0.25) is 0 Å². The van der Waals surface area contributed by atoms with Crippen LogP contribution < -0.4 is 9.47 Å². The number of hydrogen-bond acceptors (Lipinski definition) is 4. The molecule has 2 saturated heterocycles. The Labute approximate surface area is 177 Å². The average molecular weight is 402 g/mol. The molecule has 0 amide bonds. The molecule has 4 heteroatoms. The Hall–Kier alpha value is -2.82. The quantitative estimate of drug-likeness (QED) is 0.429. The van der Waals surface area contributed by atoms with Gasteiger partial charge in [-0.1, -0.05) is 48.5 Å². The van der Waals surface area contributed by atoms with E-state index in [1.807, 2.05) is 24.3 Å². The van der Waals surface area contributed by atoms with E-state index >= 15 is 0 Å². The summed E-state index contributed by atoms with van der Waals surface area (Å²) in [5, 5.41) is 0. The van der Waals surface area contributed by atoms with Crippen LogP contribution in [0.4, 0.5) is 0 Å². The predicted octanol–water partition coefficient (Wildman–Crippen LogP) is 5.36. The summed E-state index contributed by atoms with van der Waals surface area (Å²) >= 11 is 0. The smallest absolute Gasteiger partial charge is 0.119 e. The van der Waals surface area contributed by atoms with E-state index in [9.17, 15) is 0 Å². The zero-order valence-electron chi connectivity index (χ0n) is 17.0. The van der Waals surface area contributed by atoms with Crippen LogP contribution in [0.15, 0.2) is 72.8 Å². The fraction of sp³-hybridized carbons (Fsp3) is 0.308. The zero-order valence-corrected chi connectivity index (χ0v) is 17.0. The van der Waals surface area contributed by atoms with Gasteiger partial charge < -0.3 is 18.9 Å². The Morgan fingerprint density at radius 3 is 1.13 bits per heavy atom. The molecule has 4 nitrogen and oxygen atoms in total.